The monoisotopic (exact) mass is 296 g/mol. The number of hydrogen-bond acceptors (Lipinski definition) is 3. The second-order valence-corrected chi connectivity index (χ2v) is 4.12. The van der Waals surface area contributed by atoms with E-state index in [9.17, 15) is 18.0 Å². The molecule has 0 saturated carbocycles. The first kappa shape index (κ1) is 15.8. The van der Waals surface area contributed by atoms with Crippen LogP contribution in [-0.2, 0) is 4.74 Å². The van der Waals surface area contributed by atoms with E-state index in [1.165, 1.54) is 19.2 Å². The third kappa shape index (κ3) is 5.48. The highest BCUT2D eigenvalue weighted by molar-refractivity contribution is 6.31. The number of Topliss-reactive ketones (excluding diaryl/α,β-unsaturated/α-hetero) is 1. The van der Waals surface area contributed by atoms with E-state index in [1.54, 1.807) is 6.07 Å². The van der Waals surface area contributed by atoms with Gasteiger partial charge in [0.1, 0.15) is 12.4 Å². The standard InChI is InChI=1S/C12H12ClF3O3/c1-18-11-3-2-8(13)6-9(11)10(17)4-5-19-7-12(14,15)16/h2-3,6H,4-5,7H2,1H3. The van der Waals surface area contributed by atoms with Gasteiger partial charge in [0.25, 0.3) is 0 Å². The van der Waals surface area contributed by atoms with Crippen LogP contribution in [0.3, 0.4) is 0 Å². The zero-order valence-corrected chi connectivity index (χ0v) is 10.8. The van der Waals surface area contributed by atoms with Crippen molar-refractivity contribution in [3.63, 3.8) is 0 Å². The number of rotatable bonds is 6. The van der Waals surface area contributed by atoms with Gasteiger partial charge in [-0.2, -0.15) is 13.2 Å². The predicted octanol–water partition coefficient (Wildman–Crippen LogP) is 3.50. The van der Waals surface area contributed by atoms with E-state index in [1.807, 2.05) is 0 Å². The molecule has 106 valence electrons. The average molecular weight is 297 g/mol. The molecule has 1 aromatic rings. The van der Waals surface area contributed by atoms with Crippen molar-refractivity contribution in [2.75, 3.05) is 20.3 Å². The summed E-state index contributed by atoms with van der Waals surface area (Å²) in [6.07, 6.45) is -4.57. The van der Waals surface area contributed by atoms with Crippen molar-refractivity contribution in [2.24, 2.45) is 0 Å². The van der Waals surface area contributed by atoms with Crippen LogP contribution < -0.4 is 4.74 Å². The van der Waals surface area contributed by atoms with Crippen LogP contribution in [0.2, 0.25) is 5.02 Å². The Kier molecular flexibility index (Phi) is 5.62. The van der Waals surface area contributed by atoms with Gasteiger partial charge in [-0.3, -0.25) is 4.79 Å². The number of carbonyl (C=O) groups is 1. The van der Waals surface area contributed by atoms with Gasteiger partial charge in [-0.15, -0.1) is 0 Å². The second-order valence-electron chi connectivity index (χ2n) is 3.69. The van der Waals surface area contributed by atoms with E-state index < -0.39 is 12.8 Å². The van der Waals surface area contributed by atoms with Crippen molar-refractivity contribution in [2.45, 2.75) is 12.6 Å². The van der Waals surface area contributed by atoms with Gasteiger partial charge in [-0.25, -0.2) is 0 Å². The highest BCUT2D eigenvalue weighted by Crippen LogP contribution is 2.24. The van der Waals surface area contributed by atoms with Gasteiger partial charge >= 0.3 is 6.18 Å². The number of alkyl halides is 3. The number of carbonyl (C=O) groups excluding carboxylic acids is 1. The Morgan fingerprint density at radius 1 is 1.37 bits per heavy atom. The maximum Gasteiger partial charge on any atom is 0.411 e. The number of halogens is 4. The Morgan fingerprint density at radius 2 is 2.05 bits per heavy atom. The van der Waals surface area contributed by atoms with Crippen molar-refractivity contribution in [1.82, 2.24) is 0 Å². The smallest absolute Gasteiger partial charge is 0.411 e. The van der Waals surface area contributed by atoms with Crippen molar-refractivity contribution >= 4 is 17.4 Å². The topological polar surface area (TPSA) is 35.5 Å². The summed E-state index contributed by atoms with van der Waals surface area (Å²) in [7, 11) is 1.39. The van der Waals surface area contributed by atoms with E-state index in [2.05, 4.69) is 4.74 Å². The zero-order chi connectivity index (χ0) is 14.5. The lowest BCUT2D eigenvalue weighted by Gasteiger charge is -2.09. The minimum absolute atomic E-state index is 0.174. The van der Waals surface area contributed by atoms with Crippen LogP contribution in [0.4, 0.5) is 13.2 Å². The molecule has 0 spiro atoms. The number of methoxy groups -OCH3 is 1. The van der Waals surface area contributed by atoms with Crippen molar-refractivity contribution in [3.8, 4) is 5.75 Å². The Bertz CT molecular complexity index is 446. The molecule has 0 unspecified atom stereocenters. The average Bonchev–Trinajstić information content (AvgIpc) is 2.33. The lowest BCUT2D eigenvalue weighted by atomic mass is 10.1. The molecule has 0 radical (unpaired) electrons. The lowest BCUT2D eigenvalue weighted by Crippen LogP contribution is -2.18. The molecule has 0 saturated heterocycles. The first-order valence-corrected chi connectivity index (χ1v) is 5.72. The Hall–Kier alpha value is -1.27. The highest BCUT2D eigenvalue weighted by Gasteiger charge is 2.27. The molecule has 0 N–H and O–H groups in total. The number of ether oxygens (including phenoxy) is 2. The molecule has 0 aliphatic rings. The molecule has 0 aromatic heterocycles. The fourth-order valence-corrected chi connectivity index (χ4v) is 1.56. The Morgan fingerprint density at radius 3 is 2.63 bits per heavy atom. The Labute approximate surface area is 113 Å². The summed E-state index contributed by atoms with van der Waals surface area (Å²) < 4.78 is 44.8. The molecular weight excluding hydrogens is 285 g/mol. The van der Waals surface area contributed by atoms with Crippen LogP contribution >= 0.6 is 11.6 Å². The summed E-state index contributed by atoms with van der Waals surface area (Å²) in [5.74, 6) is -0.0632. The first-order chi connectivity index (χ1) is 8.83. The molecule has 0 heterocycles. The van der Waals surface area contributed by atoms with Gasteiger partial charge in [0, 0.05) is 11.4 Å². The minimum Gasteiger partial charge on any atom is -0.496 e. The molecule has 0 aliphatic heterocycles. The third-order valence-electron chi connectivity index (χ3n) is 2.20. The summed E-state index contributed by atoms with van der Waals surface area (Å²) in [6.45, 7) is -1.68. The summed E-state index contributed by atoms with van der Waals surface area (Å²) in [5.41, 5.74) is 0.227. The minimum atomic E-state index is -4.39. The molecule has 7 heteroatoms. The van der Waals surface area contributed by atoms with Gasteiger partial charge in [0.05, 0.1) is 19.3 Å². The highest BCUT2D eigenvalue weighted by atomic mass is 35.5. The number of benzene rings is 1. The lowest BCUT2D eigenvalue weighted by molar-refractivity contribution is -0.173. The normalized spacial score (nSPS) is 11.4. The summed E-state index contributed by atoms with van der Waals surface area (Å²) >= 11 is 5.75. The molecule has 19 heavy (non-hydrogen) atoms. The molecule has 1 rings (SSSR count). The second kappa shape index (κ2) is 6.77. The largest absolute Gasteiger partial charge is 0.496 e. The van der Waals surface area contributed by atoms with Crippen LogP contribution in [0.1, 0.15) is 16.8 Å². The molecule has 0 atom stereocenters. The predicted molar refractivity (Wildman–Crippen MR) is 63.8 cm³/mol. The fourth-order valence-electron chi connectivity index (χ4n) is 1.39. The molecule has 0 fully saturated rings. The fraction of sp³-hybridized carbons (Fsp3) is 0.417. The van der Waals surface area contributed by atoms with Crippen LogP contribution in [0.25, 0.3) is 0 Å². The summed E-state index contributed by atoms with van der Waals surface area (Å²) in [5, 5.41) is 0.348. The van der Waals surface area contributed by atoms with Gasteiger partial charge in [-0.05, 0) is 18.2 Å². The molecule has 0 amide bonds. The SMILES string of the molecule is COc1ccc(Cl)cc1C(=O)CCOCC(F)(F)F. The van der Waals surface area contributed by atoms with Crippen LogP contribution in [0, 0.1) is 0 Å². The van der Waals surface area contributed by atoms with Crippen LogP contribution in [-0.4, -0.2) is 32.3 Å². The van der Waals surface area contributed by atoms with Gasteiger partial charge in [-0.1, -0.05) is 11.6 Å². The van der Waals surface area contributed by atoms with E-state index in [0.717, 1.165) is 0 Å². The summed E-state index contributed by atoms with van der Waals surface area (Å²) in [4.78, 5) is 11.8. The van der Waals surface area contributed by atoms with Crippen molar-refractivity contribution in [1.29, 1.82) is 0 Å². The number of hydrogen-bond donors (Lipinski definition) is 0. The third-order valence-corrected chi connectivity index (χ3v) is 2.44. The summed E-state index contributed by atoms with van der Waals surface area (Å²) in [6, 6.07) is 4.48. The maximum atomic E-state index is 11.8. The molecule has 1 aromatic carbocycles. The molecule has 0 bridgehead atoms. The molecular formula is C12H12ClF3O3. The van der Waals surface area contributed by atoms with E-state index in [4.69, 9.17) is 16.3 Å². The Balaban J connectivity index is 2.56. The molecule has 0 aliphatic carbocycles. The van der Waals surface area contributed by atoms with Gasteiger partial charge < -0.3 is 9.47 Å². The quantitative estimate of drug-likeness (QED) is 0.595. The van der Waals surface area contributed by atoms with E-state index in [-0.39, 0.29) is 24.4 Å². The van der Waals surface area contributed by atoms with E-state index >= 15 is 0 Å². The van der Waals surface area contributed by atoms with Crippen molar-refractivity contribution in [3.05, 3.63) is 28.8 Å². The maximum absolute atomic E-state index is 11.8. The van der Waals surface area contributed by atoms with E-state index in [0.29, 0.717) is 10.8 Å². The van der Waals surface area contributed by atoms with Crippen molar-refractivity contribution < 1.29 is 27.4 Å². The number of ketones is 1. The molecule has 3 nitrogen and oxygen atoms in total. The van der Waals surface area contributed by atoms with Crippen LogP contribution in [0.5, 0.6) is 5.75 Å². The zero-order valence-electron chi connectivity index (χ0n) is 10.1. The first-order valence-electron chi connectivity index (χ1n) is 5.34. The van der Waals surface area contributed by atoms with Gasteiger partial charge in [0.15, 0.2) is 5.78 Å². The van der Waals surface area contributed by atoms with Gasteiger partial charge in [0.2, 0.25) is 0 Å². The van der Waals surface area contributed by atoms with Crippen LogP contribution in [0.15, 0.2) is 18.2 Å².